The van der Waals surface area contributed by atoms with Gasteiger partial charge in [-0.1, -0.05) is 0 Å². The quantitative estimate of drug-likeness (QED) is 0.783. The number of aromatic amines is 1. The number of ether oxygens (including phenoxy) is 1. The van der Waals surface area contributed by atoms with Crippen LogP contribution in [0.5, 0.6) is 0 Å². The summed E-state index contributed by atoms with van der Waals surface area (Å²) in [5.41, 5.74) is -0.577. The highest BCUT2D eigenvalue weighted by atomic mass is 16.5. The van der Waals surface area contributed by atoms with E-state index in [2.05, 4.69) is 9.97 Å². The van der Waals surface area contributed by atoms with Crippen molar-refractivity contribution in [1.29, 1.82) is 0 Å². The van der Waals surface area contributed by atoms with Gasteiger partial charge in [0, 0.05) is 19.0 Å². The van der Waals surface area contributed by atoms with E-state index < -0.39 is 5.60 Å². The van der Waals surface area contributed by atoms with Gasteiger partial charge < -0.3 is 9.72 Å². The Morgan fingerprint density at radius 2 is 2.64 bits per heavy atom. The molecule has 0 aliphatic carbocycles. The summed E-state index contributed by atoms with van der Waals surface area (Å²) in [6.45, 7) is 2.56. The van der Waals surface area contributed by atoms with Crippen LogP contribution in [0.25, 0.3) is 0 Å². The molecule has 2 rings (SSSR count). The first kappa shape index (κ1) is 9.40. The van der Waals surface area contributed by atoms with Crippen molar-refractivity contribution < 1.29 is 9.53 Å². The number of aromatic nitrogens is 2. The number of hydrogen-bond donors (Lipinski definition) is 1. The Hall–Kier alpha value is -1.16. The molecule has 0 radical (unpaired) electrons. The molecule has 0 bridgehead atoms. The van der Waals surface area contributed by atoms with Crippen LogP contribution in [0.1, 0.15) is 25.6 Å². The minimum absolute atomic E-state index is 0.116. The largest absolute Gasteiger partial charge is 0.367 e. The summed E-state index contributed by atoms with van der Waals surface area (Å²) >= 11 is 0. The molecule has 14 heavy (non-hydrogen) atoms. The Bertz CT molecular complexity index is 313. The van der Waals surface area contributed by atoms with Gasteiger partial charge in [-0.2, -0.15) is 0 Å². The summed E-state index contributed by atoms with van der Waals surface area (Å²) in [5, 5.41) is 0. The smallest absolute Gasteiger partial charge is 0.171 e. The molecular formula is C10H14N2O2. The molecule has 0 saturated carbocycles. The summed E-state index contributed by atoms with van der Waals surface area (Å²) in [6, 6.07) is 0. The van der Waals surface area contributed by atoms with Gasteiger partial charge in [-0.25, -0.2) is 4.98 Å². The number of Topliss-reactive ketones (excluding diaryl/α,β-unsaturated/α-hetero) is 1. The SMILES string of the molecule is CC1(C(=O)Cc2ncc[nH]2)CCCO1. The maximum absolute atomic E-state index is 11.8. The van der Waals surface area contributed by atoms with Crippen molar-refractivity contribution >= 4 is 5.78 Å². The Labute approximate surface area is 82.7 Å². The monoisotopic (exact) mass is 194 g/mol. The molecule has 0 amide bonds. The van der Waals surface area contributed by atoms with Crippen molar-refractivity contribution in [2.75, 3.05) is 6.61 Å². The lowest BCUT2D eigenvalue weighted by molar-refractivity contribution is -0.136. The lowest BCUT2D eigenvalue weighted by atomic mass is 9.95. The first-order valence-electron chi connectivity index (χ1n) is 4.86. The fraction of sp³-hybridized carbons (Fsp3) is 0.600. The first-order chi connectivity index (χ1) is 6.71. The zero-order valence-corrected chi connectivity index (χ0v) is 8.25. The molecule has 1 fully saturated rings. The van der Waals surface area contributed by atoms with Gasteiger partial charge in [-0.3, -0.25) is 4.79 Å². The molecule has 1 saturated heterocycles. The molecule has 1 aliphatic rings. The molecule has 4 nitrogen and oxygen atoms in total. The van der Waals surface area contributed by atoms with E-state index in [4.69, 9.17) is 4.74 Å². The van der Waals surface area contributed by atoms with Crippen molar-refractivity contribution in [3.05, 3.63) is 18.2 Å². The van der Waals surface area contributed by atoms with Crippen LogP contribution in [0.2, 0.25) is 0 Å². The van der Waals surface area contributed by atoms with E-state index in [1.54, 1.807) is 12.4 Å². The number of nitrogens with one attached hydrogen (secondary N) is 1. The van der Waals surface area contributed by atoms with Gasteiger partial charge >= 0.3 is 0 Å². The second-order valence-corrected chi connectivity index (χ2v) is 3.82. The lowest BCUT2D eigenvalue weighted by Gasteiger charge is -2.20. The highest BCUT2D eigenvalue weighted by molar-refractivity contribution is 5.88. The minimum Gasteiger partial charge on any atom is -0.367 e. The van der Waals surface area contributed by atoms with E-state index in [1.807, 2.05) is 6.92 Å². The molecule has 0 spiro atoms. The first-order valence-corrected chi connectivity index (χ1v) is 4.86. The maximum atomic E-state index is 11.8. The molecule has 2 heterocycles. The highest BCUT2D eigenvalue weighted by Gasteiger charge is 2.37. The number of imidazole rings is 1. The Balaban J connectivity index is 2.02. The molecule has 1 aromatic heterocycles. The standard InChI is InChI=1S/C10H14N2O2/c1-10(3-2-6-14-10)8(13)7-9-11-4-5-12-9/h4-5H,2-3,6-7H2,1H3,(H,11,12). The molecule has 1 aliphatic heterocycles. The Morgan fingerprint density at radius 1 is 1.79 bits per heavy atom. The second kappa shape index (κ2) is 3.53. The molecule has 1 atom stereocenters. The van der Waals surface area contributed by atoms with Crippen LogP contribution in [0.4, 0.5) is 0 Å². The van der Waals surface area contributed by atoms with E-state index >= 15 is 0 Å². The zero-order chi connectivity index (χ0) is 10.0. The van der Waals surface area contributed by atoms with Gasteiger partial charge in [0.05, 0.1) is 6.42 Å². The fourth-order valence-corrected chi connectivity index (χ4v) is 1.73. The van der Waals surface area contributed by atoms with Crippen LogP contribution in [0.15, 0.2) is 12.4 Å². The predicted molar refractivity (Wildman–Crippen MR) is 50.9 cm³/mol. The lowest BCUT2D eigenvalue weighted by Crippen LogP contribution is -2.35. The van der Waals surface area contributed by atoms with Gasteiger partial charge in [0.2, 0.25) is 0 Å². The number of hydrogen-bond acceptors (Lipinski definition) is 3. The van der Waals surface area contributed by atoms with Gasteiger partial charge in [-0.15, -0.1) is 0 Å². The fourth-order valence-electron chi connectivity index (χ4n) is 1.73. The number of carbonyl (C=O) groups excluding carboxylic acids is 1. The van der Waals surface area contributed by atoms with Crippen LogP contribution in [-0.2, 0) is 16.0 Å². The summed E-state index contributed by atoms with van der Waals surface area (Å²) in [5.74, 6) is 0.830. The number of H-pyrrole nitrogens is 1. The van der Waals surface area contributed by atoms with E-state index in [1.165, 1.54) is 0 Å². The van der Waals surface area contributed by atoms with Gasteiger partial charge in [-0.05, 0) is 19.8 Å². The summed E-state index contributed by atoms with van der Waals surface area (Å²) < 4.78 is 5.46. The third-order valence-electron chi connectivity index (χ3n) is 2.69. The van der Waals surface area contributed by atoms with Crippen molar-refractivity contribution in [1.82, 2.24) is 9.97 Å². The molecular weight excluding hydrogens is 180 g/mol. The van der Waals surface area contributed by atoms with Gasteiger partial charge in [0.15, 0.2) is 5.78 Å². The average molecular weight is 194 g/mol. The number of rotatable bonds is 3. The topological polar surface area (TPSA) is 55.0 Å². The van der Waals surface area contributed by atoms with E-state index in [-0.39, 0.29) is 5.78 Å². The molecule has 4 heteroatoms. The average Bonchev–Trinajstić information content (AvgIpc) is 2.76. The van der Waals surface area contributed by atoms with Crippen LogP contribution >= 0.6 is 0 Å². The predicted octanol–water partition coefficient (Wildman–Crippen LogP) is 1.09. The van der Waals surface area contributed by atoms with Gasteiger partial charge in [0.1, 0.15) is 11.4 Å². The molecule has 1 unspecified atom stereocenters. The van der Waals surface area contributed by atoms with E-state index in [0.29, 0.717) is 18.9 Å². The highest BCUT2D eigenvalue weighted by Crippen LogP contribution is 2.26. The number of ketones is 1. The summed E-state index contributed by atoms with van der Waals surface area (Å²) in [6.07, 6.45) is 5.51. The van der Waals surface area contributed by atoms with Crippen molar-refractivity contribution in [2.24, 2.45) is 0 Å². The van der Waals surface area contributed by atoms with Crippen molar-refractivity contribution in [2.45, 2.75) is 31.8 Å². The maximum Gasteiger partial charge on any atom is 0.171 e. The van der Waals surface area contributed by atoms with Crippen molar-refractivity contribution in [3.63, 3.8) is 0 Å². The molecule has 0 aromatic carbocycles. The van der Waals surface area contributed by atoms with Crippen LogP contribution in [0, 0.1) is 0 Å². The molecule has 1 aromatic rings. The van der Waals surface area contributed by atoms with Crippen LogP contribution in [-0.4, -0.2) is 28.0 Å². The summed E-state index contributed by atoms with van der Waals surface area (Å²) in [4.78, 5) is 18.8. The van der Waals surface area contributed by atoms with Gasteiger partial charge in [0.25, 0.3) is 0 Å². The number of carbonyl (C=O) groups is 1. The zero-order valence-electron chi connectivity index (χ0n) is 8.25. The van der Waals surface area contributed by atoms with Crippen LogP contribution < -0.4 is 0 Å². The number of nitrogens with zero attached hydrogens (tertiary/aromatic N) is 1. The molecule has 76 valence electrons. The Kier molecular flexibility index (Phi) is 2.37. The minimum atomic E-state index is -0.577. The van der Waals surface area contributed by atoms with Crippen LogP contribution in [0.3, 0.4) is 0 Å². The summed E-state index contributed by atoms with van der Waals surface area (Å²) in [7, 11) is 0. The van der Waals surface area contributed by atoms with E-state index in [9.17, 15) is 4.79 Å². The van der Waals surface area contributed by atoms with Crippen molar-refractivity contribution in [3.8, 4) is 0 Å². The third kappa shape index (κ3) is 1.70. The Morgan fingerprint density at radius 3 is 3.21 bits per heavy atom. The molecule has 1 N–H and O–H groups in total. The second-order valence-electron chi connectivity index (χ2n) is 3.82. The normalized spacial score (nSPS) is 26.6. The third-order valence-corrected chi connectivity index (χ3v) is 2.69. The van der Waals surface area contributed by atoms with E-state index in [0.717, 1.165) is 12.8 Å².